The number of likely N-dealkylation sites (tertiary alicyclic amines) is 1. The lowest BCUT2D eigenvalue weighted by atomic mass is 9.78. The summed E-state index contributed by atoms with van der Waals surface area (Å²) in [6.07, 6.45) is -1.78. The second-order valence-corrected chi connectivity index (χ2v) is 10.2. The van der Waals surface area contributed by atoms with Crippen LogP contribution in [-0.4, -0.2) is 61.4 Å². The van der Waals surface area contributed by atoms with Crippen LogP contribution in [0.1, 0.15) is 63.9 Å². The van der Waals surface area contributed by atoms with Crippen molar-refractivity contribution in [3.05, 3.63) is 70.8 Å². The van der Waals surface area contributed by atoms with E-state index < -0.39 is 29.2 Å². The second-order valence-electron chi connectivity index (χ2n) is 10.2. The molecule has 0 radical (unpaired) electrons. The van der Waals surface area contributed by atoms with Gasteiger partial charge in [0.05, 0.1) is 12.1 Å². The number of rotatable bonds is 7. The number of hydrogen-bond donors (Lipinski definition) is 3. The third-order valence-corrected chi connectivity index (χ3v) is 7.60. The maximum atomic E-state index is 15.7. The number of hydrogen-bond acceptors (Lipinski definition) is 4. The summed E-state index contributed by atoms with van der Waals surface area (Å²) in [6.45, 7) is 1.02. The van der Waals surface area contributed by atoms with E-state index in [-0.39, 0.29) is 30.1 Å². The molecule has 1 aliphatic heterocycles. The Morgan fingerprint density at radius 3 is 2.31 bits per heavy atom. The SMILES string of the molecule is CNC(=O)c1ccc(C2(F)CCC(N3CCC(NC(=O)CNC(=O)c4cccc(C(F)(F)F)c4)C3)CC2)cc1. The first kappa shape index (κ1) is 28.5. The van der Waals surface area contributed by atoms with Crippen molar-refractivity contribution in [1.82, 2.24) is 20.9 Å². The van der Waals surface area contributed by atoms with Crippen molar-refractivity contribution in [1.29, 1.82) is 0 Å². The Morgan fingerprint density at radius 1 is 0.974 bits per heavy atom. The minimum atomic E-state index is -4.56. The second kappa shape index (κ2) is 11.7. The first-order valence-corrected chi connectivity index (χ1v) is 13.0. The average Bonchev–Trinajstić information content (AvgIpc) is 3.39. The van der Waals surface area contributed by atoms with Crippen LogP contribution in [0, 0.1) is 0 Å². The lowest BCUT2D eigenvalue weighted by Gasteiger charge is -2.38. The van der Waals surface area contributed by atoms with Crippen LogP contribution in [0.25, 0.3) is 0 Å². The fourth-order valence-corrected chi connectivity index (χ4v) is 5.39. The summed E-state index contributed by atoms with van der Waals surface area (Å²) in [5.74, 6) is -1.40. The molecule has 2 aliphatic rings. The lowest BCUT2D eigenvalue weighted by molar-refractivity contribution is -0.137. The van der Waals surface area contributed by atoms with E-state index in [4.69, 9.17) is 0 Å². The third kappa shape index (κ3) is 6.95. The van der Waals surface area contributed by atoms with Crippen molar-refractivity contribution in [2.45, 2.75) is 56.0 Å². The summed E-state index contributed by atoms with van der Waals surface area (Å²) >= 11 is 0. The van der Waals surface area contributed by atoms with Gasteiger partial charge in [0.25, 0.3) is 11.8 Å². The molecule has 1 unspecified atom stereocenters. The summed E-state index contributed by atoms with van der Waals surface area (Å²) in [7, 11) is 1.55. The first-order valence-electron chi connectivity index (χ1n) is 13.0. The minimum absolute atomic E-state index is 0.128. The van der Waals surface area contributed by atoms with Crippen molar-refractivity contribution in [3.63, 3.8) is 0 Å². The lowest BCUT2D eigenvalue weighted by Crippen LogP contribution is -2.45. The van der Waals surface area contributed by atoms with E-state index in [9.17, 15) is 27.6 Å². The van der Waals surface area contributed by atoms with Gasteiger partial charge in [-0.1, -0.05) is 18.2 Å². The smallest absolute Gasteiger partial charge is 0.355 e. The molecular weight excluding hydrogens is 516 g/mol. The predicted molar refractivity (Wildman–Crippen MR) is 137 cm³/mol. The number of alkyl halides is 4. The summed E-state index contributed by atoms with van der Waals surface area (Å²) in [5, 5.41) is 7.79. The molecule has 2 aromatic rings. The van der Waals surface area contributed by atoms with Crippen LogP contribution in [0.15, 0.2) is 48.5 Å². The molecule has 1 saturated heterocycles. The van der Waals surface area contributed by atoms with Gasteiger partial charge < -0.3 is 16.0 Å². The van der Waals surface area contributed by atoms with E-state index in [2.05, 4.69) is 20.9 Å². The molecule has 0 bridgehead atoms. The van der Waals surface area contributed by atoms with Crippen LogP contribution in [0.5, 0.6) is 0 Å². The molecule has 1 aliphatic carbocycles. The number of nitrogens with one attached hydrogen (secondary N) is 3. The highest BCUT2D eigenvalue weighted by Gasteiger charge is 2.40. The van der Waals surface area contributed by atoms with E-state index in [1.165, 1.54) is 6.07 Å². The Hall–Kier alpha value is -3.47. The molecule has 3 N–H and O–H groups in total. The molecule has 2 aromatic carbocycles. The van der Waals surface area contributed by atoms with Crippen molar-refractivity contribution in [3.8, 4) is 0 Å². The Balaban J connectivity index is 1.22. The molecule has 3 amide bonds. The third-order valence-electron chi connectivity index (χ3n) is 7.60. The van der Waals surface area contributed by atoms with Gasteiger partial charge in [-0.25, -0.2) is 4.39 Å². The maximum Gasteiger partial charge on any atom is 0.416 e. The van der Waals surface area contributed by atoms with Gasteiger partial charge in [0.1, 0.15) is 5.67 Å². The fourth-order valence-electron chi connectivity index (χ4n) is 5.39. The van der Waals surface area contributed by atoms with Gasteiger partial charge in [-0.15, -0.1) is 0 Å². The van der Waals surface area contributed by atoms with Gasteiger partial charge in [0.2, 0.25) is 5.91 Å². The normalized spacial score (nSPS) is 23.7. The number of carbonyl (C=O) groups is 3. The van der Waals surface area contributed by atoms with Crippen LogP contribution < -0.4 is 16.0 Å². The van der Waals surface area contributed by atoms with Crippen LogP contribution in [0.2, 0.25) is 0 Å². The van der Waals surface area contributed by atoms with Gasteiger partial charge in [-0.2, -0.15) is 13.2 Å². The molecule has 39 heavy (non-hydrogen) atoms. The molecule has 1 heterocycles. The summed E-state index contributed by atoms with van der Waals surface area (Å²) in [6, 6.07) is 10.7. The highest BCUT2D eigenvalue weighted by molar-refractivity contribution is 5.96. The van der Waals surface area contributed by atoms with Crippen molar-refractivity contribution in [2.24, 2.45) is 0 Å². The van der Waals surface area contributed by atoms with Crippen LogP contribution in [0.4, 0.5) is 17.6 Å². The average molecular weight is 549 g/mol. The standard InChI is InChI=1S/C28H32F4N4O3/c1-33-25(38)18-5-7-20(8-6-18)27(29)12-9-23(10-13-27)36-14-11-22(17-36)35-24(37)16-34-26(39)19-3-2-4-21(15-19)28(30,31)32/h2-8,15,22-23H,9-14,16-17H2,1H3,(H,33,38)(H,34,39)(H,35,37). The predicted octanol–water partition coefficient (Wildman–Crippen LogP) is 3.79. The van der Waals surface area contributed by atoms with E-state index in [0.29, 0.717) is 49.8 Å². The molecule has 1 atom stereocenters. The number of benzene rings is 2. The monoisotopic (exact) mass is 548 g/mol. The molecule has 210 valence electrons. The van der Waals surface area contributed by atoms with Gasteiger partial charge in [0.15, 0.2) is 0 Å². The zero-order valence-corrected chi connectivity index (χ0v) is 21.6. The van der Waals surface area contributed by atoms with Crippen LogP contribution in [0.3, 0.4) is 0 Å². The van der Waals surface area contributed by atoms with Crippen molar-refractivity contribution < 1.29 is 31.9 Å². The Labute approximate surface area is 224 Å². The Morgan fingerprint density at radius 2 is 1.67 bits per heavy atom. The molecule has 0 aromatic heterocycles. The number of amides is 3. The van der Waals surface area contributed by atoms with Gasteiger partial charge >= 0.3 is 6.18 Å². The highest BCUT2D eigenvalue weighted by atomic mass is 19.4. The van der Waals surface area contributed by atoms with Gasteiger partial charge in [-0.3, -0.25) is 19.3 Å². The number of carbonyl (C=O) groups excluding carboxylic acids is 3. The number of halogens is 4. The van der Waals surface area contributed by atoms with E-state index >= 15 is 4.39 Å². The maximum absolute atomic E-state index is 15.7. The van der Waals surface area contributed by atoms with Crippen molar-refractivity contribution in [2.75, 3.05) is 26.7 Å². The quantitative estimate of drug-likeness (QED) is 0.460. The molecule has 2 fully saturated rings. The summed E-state index contributed by atoms with van der Waals surface area (Å²) in [5.41, 5.74) is -1.49. The molecule has 7 nitrogen and oxygen atoms in total. The molecule has 11 heteroatoms. The Kier molecular flexibility index (Phi) is 8.58. The Bertz CT molecular complexity index is 1190. The van der Waals surface area contributed by atoms with Crippen molar-refractivity contribution >= 4 is 17.7 Å². The van der Waals surface area contributed by atoms with Crippen LogP contribution >= 0.6 is 0 Å². The molecule has 4 rings (SSSR count). The zero-order valence-electron chi connectivity index (χ0n) is 21.6. The largest absolute Gasteiger partial charge is 0.416 e. The molecule has 0 spiro atoms. The van der Waals surface area contributed by atoms with Gasteiger partial charge in [-0.05, 0) is 68.0 Å². The summed E-state index contributed by atoms with van der Waals surface area (Å²) in [4.78, 5) is 38.6. The highest BCUT2D eigenvalue weighted by Crippen LogP contribution is 2.42. The van der Waals surface area contributed by atoms with Gasteiger partial charge in [0, 0.05) is 43.3 Å². The fraction of sp³-hybridized carbons (Fsp3) is 0.464. The van der Waals surface area contributed by atoms with Crippen LogP contribution in [-0.2, 0) is 16.6 Å². The number of nitrogens with zero attached hydrogens (tertiary/aromatic N) is 1. The van der Waals surface area contributed by atoms with E-state index in [1.54, 1.807) is 31.3 Å². The minimum Gasteiger partial charge on any atom is -0.355 e. The topological polar surface area (TPSA) is 90.5 Å². The first-order chi connectivity index (χ1) is 18.5. The summed E-state index contributed by atoms with van der Waals surface area (Å²) < 4.78 is 54.3. The molecular formula is C28H32F4N4O3. The zero-order chi connectivity index (χ0) is 28.2. The molecule has 1 saturated carbocycles. The van der Waals surface area contributed by atoms with E-state index in [1.807, 2.05) is 0 Å². The van der Waals surface area contributed by atoms with E-state index in [0.717, 1.165) is 24.7 Å².